The highest BCUT2D eigenvalue weighted by Crippen LogP contribution is 2.33. The van der Waals surface area contributed by atoms with Crippen molar-refractivity contribution in [3.8, 4) is 11.5 Å². The van der Waals surface area contributed by atoms with Crippen molar-refractivity contribution in [1.82, 2.24) is 9.97 Å². The lowest BCUT2D eigenvalue weighted by molar-refractivity contribution is 0.102. The SMILES string of the molecule is COc1cnc(C(=O)Nc2c(Cl)cncc2Cl)cc1O[C@H]1CC[C@H](O)C1. The molecule has 1 fully saturated rings. The molecule has 9 heteroatoms. The van der Waals surface area contributed by atoms with Gasteiger partial charge in [0.15, 0.2) is 11.5 Å². The number of aliphatic hydroxyl groups is 1. The van der Waals surface area contributed by atoms with E-state index in [0.717, 1.165) is 6.42 Å². The summed E-state index contributed by atoms with van der Waals surface area (Å²) >= 11 is 12.0. The Morgan fingerprint density at radius 3 is 2.58 bits per heavy atom. The maximum absolute atomic E-state index is 12.5. The number of aliphatic hydroxyl groups excluding tert-OH is 1. The summed E-state index contributed by atoms with van der Waals surface area (Å²) in [5.41, 5.74) is 0.371. The fraction of sp³-hybridized carbons (Fsp3) is 0.353. The molecule has 2 aromatic heterocycles. The molecule has 26 heavy (non-hydrogen) atoms. The summed E-state index contributed by atoms with van der Waals surface area (Å²) < 4.78 is 11.1. The van der Waals surface area contributed by atoms with Gasteiger partial charge in [-0.1, -0.05) is 23.2 Å². The Balaban J connectivity index is 1.81. The molecule has 0 aliphatic heterocycles. The predicted molar refractivity (Wildman–Crippen MR) is 97.3 cm³/mol. The lowest BCUT2D eigenvalue weighted by Gasteiger charge is -2.16. The topological polar surface area (TPSA) is 93.6 Å². The largest absolute Gasteiger partial charge is 0.491 e. The number of carbonyl (C=O) groups is 1. The number of pyridine rings is 2. The molecule has 2 heterocycles. The molecule has 7 nitrogen and oxygen atoms in total. The van der Waals surface area contributed by atoms with Gasteiger partial charge in [-0.15, -0.1) is 0 Å². The van der Waals surface area contributed by atoms with Crippen LogP contribution >= 0.6 is 23.2 Å². The summed E-state index contributed by atoms with van der Waals surface area (Å²) in [5.74, 6) is 0.292. The minimum absolute atomic E-state index is 0.114. The standard InChI is InChI=1S/C17H17Cl2N3O4/c1-25-15-8-21-13(5-14(15)26-10-3-2-9(23)4-10)17(24)22-16-11(18)6-20-7-12(16)19/h5-10,23H,2-4H2,1H3,(H,20,22,24)/t9-,10-/m0/s1. The van der Waals surface area contributed by atoms with E-state index in [2.05, 4.69) is 15.3 Å². The number of anilines is 1. The van der Waals surface area contributed by atoms with Crippen LogP contribution in [0.3, 0.4) is 0 Å². The molecule has 2 aromatic rings. The summed E-state index contributed by atoms with van der Waals surface area (Å²) in [5, 5.41) is 12.7. The van der Waals surface area contributed by atoms with E-state index >= 15 is 0 Å². The van der Waals surface area contributed by atoms with Crippen molar-refractivity contribution < 1.29 is 19.4 Å². The van der Waals surface area contributed by atoms with Gasteiger partial charge in [-0.3, -0.25) is 9.78 Å². The Kier molecular flexibility index (Phi) is 5.80. The molecule has 3 rings (SSSR count). The number of nitrogens with zero attached hydrogens (tertiary/aromatic N) is 2. The van der Waals surface area contributed by atoms with Gasteiger partial charge >= 0.3 is 0 Å². The van der Waals surface area contributed by atoms with Crippen molar-refractivity contribution in [3.05, 3.63) is 40.4 Å². The van der Waals surface area contributed by atoms with Crippen LogP contribution in [0.5, 0.6) is 11.5 Å². The molecule has 1 aliphatic rings. The maximum atomic E-state index is 12.5. The van der Waals surface area contributed by atoms with Crippen molar-refractivity contribution in [2.24, 2.45) is 0 Å². The van der Waals surface area contributed by atoms with Crippen LogP contribution in [-0.2, 0) is 0 Å². The zero-order valence-electron chi connectivity index (χ0n) is 13.9. The minimum Gasteiger partial charge on any atom is -0.491 e. The lowest BCUT2D eigenvalue weighted by Crippen LogP contribution is -2.17. The highest BCUT2D eigenvalue weighted by molar-refractivity contribution is 6.39. The summed E-state index contributed by atoms with van der Waals surface area (Å²) in [6.07, 6.45) is 5.61. The molecule has 2 atom stereocenters. The van der Waals surface area contributed by atoms with E-state index in [1.54, 1.807) is 0 Å². The van der Waals surface area contributed by atoms with Gasteiger partial charge in [0.05, 0.1) is 35.1 Å². The molecular weight excluding hydrogens is 381 g/mol. The van der Waals surface area contributed by atoms with Gasteiger partial charge in [0.25, 0.3) is 5.91 Å². The second-order valence-electron chi connectivity index (χ2n) is 5.86. The van der Waals surface area contributed by atoms with Crippen molar-refractivity contribution >= 4 is 34.8 Å². The molecule has 0 saturated heterocycles. The average Bonchev–Trinajstić information content (AvgIpc) is 3.03. The van der Waals surface area contributed by atoms with Crippen LogP contribution in [0.1, 0.15) is 29.8 Å². The van der Waals surface area contributed by atoms with Gasteiger partial charge in [-0.2, -0.15) is 0 Å². The number of ether oxygens (including phenoxy) is 2. The second-order valence-corrected chi connectivity index (χ2v) is 6.67. The summed E-state index contributed by atoms with van der Waals surface area (Å²) in [6.45, 7) is 0. The Hall–Kier alpha value is -2.09. The van der Waals surface area contributed by atoms with Crippen LogP contribution in [0.2, 0.25) is 10.0 Å². The number of hydrogen-bond acceptors (Lipinski definition) is 6. The first-order valence-electron chi connectivity index (χ1n) is 7.97. The highest BCUT2D eigenvalue weighted by Gasteiger charge is 2.26. The normalized spacial score (nSPS) is 19.2. The number of rotatable bonds is 5. The third kappa shape index (κ3) is 4.17. The minimum atomic E-state index is -0.501. The number of amides is 1. The first-order chi connectivity index (χ1) is 12.5. The first-order valence-corrected chi connectivity index (χ1v) is 8.72. The van der Waals surface area contributed by atoms with E-state index in [0.29, 0.717) is 24.3 Å². The lowest BCUT2D eigenvalue weighted by atomic mass is 10.2. The average molecular weight is 398 g/mol. The van der Waals surface area contributed by atoms with E-state index < -0.39 is 5.91 Å². The third-order valence-corrected chi connectivity index (χ3v) is 4.60. The van der Waals surface area contributed by atoms with Gasteiger partial charge in [-0.05, 0) is 12.8 Å². The van der Waals surface area contributed by atoms with Gasteiger partial charge in [-0.25, -0.2) is 4.98 Å². The maximum Gasteiger partial charge on any atom is 0.274 e. The smallest absolute Gasteiger partial charge is 0.274 e. The first kappa shape index (κ1) is 18.7. The van der Waals surface area contributed by atoms with Gasteiger partial charge in [0, 0.05) is 24.9 Å². The predicted octanol–water partition coefficient (Wildman–Crippen LogP) is 3.34. The number of halogens is 2. The van der Waals surface area contributed by atoms with Crippen molar-refractivity contribution in [3.63, 3.8) is 0 Å². The van der Waals surface area contributed by atoms with Crippen molar-refractivity contribution in [2.75, 3.05) is 12.4 Å². The Bertz CT molecular complexity index is 798. The summed E-state index contributed by atoms with van der Waals surface area (Å²) in [4.78, 5) is 20.4. The number of methoxy groups -OCH3 is 1. The van der Waals surface area contributed by atoms with E-state index in [-0.39, 0.29) is 33.6 Å². The van der Waals surface area contributed by atoms with Crippen molar-refractivity contribution in [1.29, 1.82) is 0 Å². The molecule has 1 saturated carbocycles. The fourth-order valence-electron chi connectivity index (χ4n) is 2.71. The molecule has 1 aliphatic carbocycles. The Morgan fingerprint density at radius 2 is 1.96 bits per heavy atom. The molecule has 0 unspecified atom stereocenters. The molecule has 1 amide bonds. The quantitative estimate of drug-likeness (QED) is 0.803. The number of nitrogens with one attached hydrogen (secondary N) is 1. The van der Waals surface area contributed by atoms with Crippen LogP contribution in [0.25, 0.3) is 0 Å². The molecular formula is C17H17Cl2N3O4. The van der Waals surface area contributed by atoms with E-state index in [4.69, 9.17) is 32.7 Å². The molecule has 138 valence electrons. The molecule has 0 aromatic carbocycles. The zero-order chi connectivity index (χ0) is 18.7. The van der Waals surface area contributed by atoms with Crippen LogP contribution < -0.4 is 14.8 Å². The van der Waals surface area contributed by atoms with Crippen molar-refractivity contribution in [2.45, 2.75) is 31.5 Å². The van der Waals surface area contributed by atoms with Gasteiger partial charge in [0.1, 0.15) is 11.8 Å². The molecule has 0 spiro atoms. The summed E-state index contributed by atoms with van der Waals surface area (Å²) in [6, 6.07) is 1.49. The van der Waals surface area contributed by atoms with Crippen LogP contribution in [-0.4, -0.2) is 40.3 Å². The third-order valence-electron chi connectivity index (χ3n) is 4.03. The number of hydrogen-bond donors (Lipinski definition) is 2. The van der Waals surface area contributed by atoms with Crippen LogP contribution in [0.4, 0.5) is 5.69 Å². The van der Waals surface area contributed by atoms with Gasteiger partial charge in [0.2, 0.25) is 0 Å². The molecule has 0 radical (unpaired) electrons. The van der Waals surface area contributed by atoms with E-state index in [1.165, 1.54) is 31.8 Å². The van der Waals surface area contributed by atoms with E-state index in [9.17, 15) is 9.90 Å². The fourth-order valence-corrected chi connectivity index (χ4v) is 3.17. The molecule has 0 bridgehead atoms. The number of carbonyl (C=O) groups excluding carboxylic acids is 1. The van der Waals surface area contributed by atoms with Gasteiger partial charge < -0.3 is 19.9 Å². The van der Waals surface area contributed by atoms with E-state index in [1.807, 2.05) is 0 Å². The zero-order valence-corrected chi connectivity index (χ0v) is 15.4. The molecule has 2 N–H and O–H groups in total. The number of aromatic nitrogens is 2. The summed E-state index contributed by atoms with van der Waals surface area (Å²) in [7, 11) is 1.49. The van der Waals surface area contributed by atoms with Crippen LogP contribution in [0.15, 0.2) is 24.7 Å². The van der Waals surface area contributed by atoms with Crippen LogP contribution in [0, 0.1) is 0 Å². The highest BCUT2D eigenvalue weighted by atomic mass is 35.5. The Labute approximate surface area is 160 Å². The second kappa shape index (κ2) is 8.07. The Morgan fingerprint density at radius 1 is 1.23 bits per heavy atom. The monoisotopic (exact) mass is 397 g/mol.